The standard InChI is InChI=1S/C12H14ClNO2/c1-15-11-4-5-12(10(8-11)9-13)16-7-3-2-6-14/h4-5,8H,2-3,7,9H2,1H3. The SMILES string of the molecule is COc1ccc(OCCCC#N)c(CCl)c1. The minimum Gasteiger partial charge on any atom is -0.497 e. The van der Waals surface area contributed by atoms with Crippen molar-refractivity contribution in [1.82, 2.24) is 0 Å². The van der Waals surface area contributed by atoms with Gasteiger partial charge in [0.05, 0.1) is 25.7 Å². The fourth-order valence-corrected chi connectivity index (χ4v) is 1.47. The second kappa shape index (κ2) is 6.97. The number of nitrogens with zero attached hydrogens (tertiary/aromatic N) is 1. The Morgan fingerprint density at radius 2 is 2.25 bits per heavy atom. The molecule has 0 saturated heterocycles. The van der Waals surface area contributed by atoms with Crippen LogP contribution in [-0.4, -0.2) is 13.7 Å². The van der Waals surface area contributed by atoms with Crippen LogP contribution >= 0.6 is 11.6 Å². The number of ether oxygens (including phenoxy) is 2. The summed E-state index contributed by atoms with van der Waals surface area (Å²) in [5.74, 6) is 1.90. The van der Waals surface area contributed by atoms with Crippen molar-refractivity contribution in [1.29, 1.82) is 5.26 Å². The van der Waals surface area contributed by atoms with Crippen LogP contribution in [0.5, 0.6) is 11.5 Å². The van der Waals surface area contributed by atoms with Gasteiger partial charge in [-0.2, -0.15) is 5.26 Å². The highest BCUT2D eigenvalue weighted by Gasteiger charge is 2.04. The van der Waals surface area contributed by atoms with Crippen molar-refractivity contribution < 1.29 is 9.47 Å². The summed E-state index contributed by atoms with van der Waals surface area (Å²) < 4.78 is 10.6. The molecule has 0 heterocycles. The molecule has 86 valence electrons. The summed E-state index contributed by atoms with van der Waals surface area (Å²) in [6.45, 7) is 0.532. The van der Waals surface area contributed by atoms with E-state index in [0.29, 0.717) is 18.9 Å². The summed E-state index contributed by atoms with van der Waals surface area (Å²) in [7, 11) is 1.61. The summed E-state index contributed by atoms with van der Waals surface area (Å²) in [4.78, 5) is 0. The molecular weight excluding hydrogens is 226 g/mol. The Labute approximate surface area is 101 Å². The molecule has 0 radical (unpaired) electrons. The maximum Gasteiger partial charge on any atom is 0.123 e. The highest BCUT2D eigenvalue weighted by Crippen LogP contribution is 2.25. The van der Waals surface area contributed by atoms with Gasteiger partial charge in [-0.05, 0) is 24.6 Å². The predicted octanol–water partition coefficient (Wildman–Crippen LogP) is 3.12. The van der Waals surface area contributed by atoms with E-state index in [1.807, 2.05) is 18.2 Å². The van der Waals surface area contributed by atoms with Crippen LogP contribution in [-0.2, 0) is 5.88 Å². The Morgan fingerprint density at radius 3 is 2.88 bits per heavy atom. The lowest BCUT2D eigenvalue weighted by atomic mass is 10.2. The Balaban J connectivity index is 2.61. The van der Waals surface area contributed by atoms with Gasteiger partial charge in [-0.15, -0.1) is 11.6 Å². The fourth-order valence-electron chi connectivity index (χ4n) is 1.26. The molecule has 0 N–H and O–H groups in total. The highest BCUT2D eigenvalue weighted by atomic mass is 35.5. The van der Waals surface area contributed by atoms with E-state index in [0.717, 1.165) is 23.5 Å². The molecule has 1 aromatic rings. The number of benzene rings is 1. The summed E-state index contributed by atoms with van der Waals surface area (Å²) in [6.07, 6.45) is 1.23. The first-order valence-corrected chi connectivity index (χ1v) is 5.58. The van der Waals surface area contributed by atoms with Gasteiger partial charge in [-0.1, -0.05) is 0 Å². The van der Waals surface area contributed by atoms with Crippen molar-refractivity contribution in [3.63, 3.8) is 0 Å². The fraction of sp³-hybridized carbons (Fsp3) is 0.417. The summed E-state index contributed by atoms with van der Waals surface area (Å²) in [5.41, 5.74) is 0.901. The van der Waals surface area contributed by atoms with Crippen molar-refractivity contribution in [2.24, 2.45) is 0 Å². The maximum atomic E-state index is 8.39. The van der Waals surface area contributed by atoms with Crippen molar-refractivity contribution in [2.45, 2.75) is 18.7 Å². The van der Waals surface area contributed by atoms with E-state index in [-0.39, 0.29) is 0 Å². The first-order chi connectivity index (χ1) is 7.81. The third-order valence-corrected chi connectivity index (χ3v) is 2.39. The molecule has 1 rings (SSSR count). The van der Waals surface area contributed by atoms with E-state index >= 15 is 0 Å². The first-order valence-electron chi connectivity index (χ1n) is 5.04. The van der Waals surface area contributed by atoms with Crippen LogP contribution in [0.15, 0.2) is 18.2 Å². The van der Waals surface area contributed by atoms with Gasteiger partial charge in [0.25, 0.3) is 0 Å². The monoisotopic (exact) mass is 239 g/mol. The van der Waals surface area contributed by atoms with Crippen LogP contribution in [0.1, 0.15) is 18.4 Å². The number of alkyl halides is 1. The van der Waals surface area contributed by atoms with Crippen LogP contribution in [0.4, 0.5) is 0 Å². The minimum atomic E-state index is 0.380. The van der Waals surface area contributed by atoms with Crippen molar-refractivity contribution >= 4 is 11.6 Å². The van der Waals surface area contributed by atoms with Gasteiger partial charge in [-0.25, -0.2) is 0 Å². The molecule has 3 nitrogen and oxygen atoms in total. The molecule has 0 fully saturated rings. The molecular formula is C12H14ClNO2. The smallest absolute Gasteiger partial charge is 0.123 e. The number of halogens is 1. The molecule has 0 spiro atoms. The number of unbranched alkanes of at least 4 members (excludes halogenated alkanes) is 1. The minimum absolute atomic E-state index is 0.380. The molecule has 16 heavy (non-hydrogen) atoms. The third kappa shape index (κ3) is 3.63. The molecule has 0 saturated carbocycles. The first kappa shape index (κ1) is 12.7. The lowest BCUT2D eigenvalue weighted by molar-refractivity contribution is 0.309. The zero-order valence-electron chi connectivity index (χ0n) is 9.20. The molecule has 0 unspecified atom stereocenters. The van der Waals surface area contributed by atoms with E-state index in [1.165, 1.54) is 0 Å². The number of hydrogen-bond donors (Lipinski definition) is 0. The second-order valence-electron chi connectivity index (χ2n) is 3.22. The highest BCUT2D eigenvalue weighted by molar-refractivity contribution is 6.17. The van der Waals surface area contributed by atoms with Gasteiger partial charge < -0.3 is 9.47 Å². The lowest BCUT2D eigenvalue weighted by Gasteiger charge is -2.10. The van der Waals surface area contributed by atoms with Crippen LogP contribution in [0, 0.1) is 11.3 Å². The van der Waals surface area contributed by atoms with Gasteiger partial charge in [-0.3, -0.25) is 0 Å². The maximum absolute atomic E-state index is 8.39. The normalized spacial score (nSPS) is 9.56. The third-order valence-electron chi connectivity index (χ3n) is 2.10. The number of methoxy groups -OCH3 is 1. The van der Waals surface area contributed by atoms with E-state index in [4.69, 9.17) is 26.3 Å². The van der Waals surface area contributed by atoms with E-state index in [2.05, 4.69) is 6.07 Å². The average Bonchev–Trinajstić information content (AvgIpc) is 2.34. The molecule has 0 bridgehead atoms. The molecule has 0 aliphatic heterocycles. The molecule has 4 heteroatoms. The predicted molar refractivity (Wildman–Crippen MR) is 62.9 cm³/mol. The van der Waals surface area contributed by atoms with Gasteiger partial charge >= 0.3 is 0 Å². The largest absolute Gasteiger partial charge is 0.497 e. The van der Waals surface area contributed by atoms with Crippen LogP contribution in [0.3, 0.4) is 0 Å². The zero-order chi connectivity index (χ0) is 11.8. The van der Waals surface area contributed by atoms with Gasteiger partial charge in [0.1, 0.15) is 11.5 Å². The van der Waals surface area contributed by atoms with Crippen LogP contribution < -0.4 is 9.47 Å². The van der Waals surface area contributed by atoms with E-state index in [9.17, 15) is 0 Å². The van der Waals surface area contributed by atoms with Crippen LogP contribution in [0.25, 0.3) is 0 Å². The van der Waals surface area contributed by atoms with Crippen LogP contribution in [0.2, 0.25) is 0 Å². The Bertz CT molecular complexity index is 374. The molecule has 0 aliphatic carbocycles. The average molecular weight is 240 g/mol. The molecule has 0 aromatic heterocycles. The number of rotatable bonds is 6. The quantitative estimate of drug-likeness (QED) is 0.566. The Morgan fingerprint density at radius 1 is 1.44 bits per heavy atom. The van der Waals surface area contributed by atoms with Crippen molar-refractivity contribution in [3.05, 3.63) is 23.8 Å². The number of nitriles is 1. The topological polar surface area (TPSA) is 42.2 Å². The molecule has 0 aliphatic rings. The van der Waals surface area contributed by atoms with Crippen molar-refractivity contribution in [3.8, 4) is 17.6 Å². The second-order valence-corrected chi connectivity index (χ2v) is 3.48. The summed E-state index contributed by atoms with van der Waals surface area (Å²) >= 11 is 5.81. The van der Waals surface area contributed by atoms with E-state index < -0.39 is 0 Å². The Kier molecular flexibility index (Phi) is 5.52. The van der Waals surface area contributed by atoms with Gasteiger partial charge in [0.15, 0.2) is 0 Å². The van der Waals surface area contributed by atoms with Gasteiger partial charge in [0.2, 0.25) is 0 Å². The van der Waals surface area contributed by atoms with Gasteiger partial charge in [0, 0.05) is 12.0 Å². The zero-order valence-corrected chi connectivity index (χ0v) is 9.96. The van der Waals surface area contributed by atoms with Crippen molar-refractivity contribution in [2.75, 3.05) is 13.7 Å². The summed E-state index contributed by atoms with van der Waals surface area (Å²) in [5, 5.41) is 8.39. The number of hydrogen-bond acceptors (Lipinski definition) is 3. The molecule has 0 amide bonds. The van der Waals surface area contributed by atoms with E-state index in [1.54, 1.807) is 7.11 Å². The summed E-state index contributed by atoms with van der Waals surface area (Å²) in [6, 6.07) is 7.59. The molecule has 1 aromatic carbocycles. The lowest BCUT2D eigenvalue weighted by Crippen LogP contribution is -1.99. The Hall–Kier alpha value is -1.40. The molecule has 0 atom stereocenters.